The summed E-state index contributed by atoms with van der Waals surface area (Å²) in [6.45, 7) is 0. The van der Waals surface area contributed by atoms with E-state index in [1.165, 1.54) is 0 Å². The molecule has 0 bridgehead atoms. The summed E-state index contributed by atoms with van der Waals surface area (Å²) in [5, 5.41) is 0. The minimum absolute atomic E-state index is 0. The Balaban J connectivity index is 0. The second-order valence-electron chi connectivity index (χ2n) is 0. The summed E-state index contributed by atoms with van der Waals surface area (Å²) in [6, 6.07) is 0. The van der Waals surface area contributed by atoms with Crippen LogP contribution >= 0.6 is 0 Å². The van der Waals surface area contributed by atoms with E-state index in [0.29, 0.717) is 0 Å². The van der Waals surface area contributed by atoms with Crippen LogP contribution in [-0.4, -0.2) is 16.4 Å². The molecule has 0 atom stereocenters. The Labute approximate surface area is 94.7 Å². The maximum absolute atomic E-state index is 0. The first-order chi connectivity index (χ1) is 0. The Morgan fingerprint density at radius 1 is 0.800 bits per heavy atom. The van der Waals surface area contributed by atoms with Crippen LogP contribution in [0.5, 0.6) is 0 Å². The Kier molecular flexibility index (Phi) is 335. The van der Waals surface area contributed by atoms with E-state index < -0.39 is 0 Å². The van der Waals surface area contributed by atoms with Gasteiger partial charge in [-0.3, -0.25) is 0 Å². The predicted octanol–water partition coefficient (Wildman–Crippen LogP) is -4.82. The normalized spacial score (nSPS) is 0. The summed E-state index contributed by atoms with van der Waals surface area (Å²) >= 11 is 0. The van der Waals surface area contributed by atoms with Gasteiger partial charge in [-0.2, -0.15) is 0 Å². The second-order valence-corrected chi connectivity index (χ2v) is 0. The van der Waals surface area contributed by atoms with Gasteiger partial charge in [0.05, 0.1) is 0 Å². The SMILES string of the molecule is O.O.[OH-].[Rb+].[Ta]. The molecule has 3 nitrogen and oxygen atoms in total. The molecule has 5 heteroatoms. The molecule has 0 aliphatic carbocycles. The average Bonchev–Trinajstić information content (AvgIpc) is 0. The third-order valence-electron chi connectivity index (χ3n) is 0. The Bertz CT molecular complexity index is 6.85. The number of hydrogen-bond donors (Lipinski definition) is 0. The van der Waals surface area contributed by atoms with E-state index in [-0.39, 0.29) is 97.0 Å². The van der Waals surface area contributed by atoms with Gasteiger partial charge in [-0.1, -0.05) is 0 Å². The summed E-state index contributed by atoms with van der Waals surface area (Å²) < 4.78 is 0. The van der Waals surface area contributed by atoms with Crippen molar-refractivity contribution in [3.05, 3.63) is 0 Å². The molecule has 29 valence electrons. The standard InChI is InChI=1S/3H2O.Rb.Ta/h3*1H2;;/q;;;+1;/p-1. The molecule has 0 spiro atoms. The first kappa shape index (κ1) is 52.1. The van der Waals surface area contributed by atoms with Crippen molar-refractivity contribution < 1.29 is 97.0 Å². The molecule has 0 heterocycles. The van der Waals surface area contributed by atoms with E-state index in [0.717, 1.165) is 0 Å². The van der Waals surface area contributed by atoms with Crippen molar-refractivity contribution in [2.45, 2.75) is 0 Å². The molecule has 0 saturated carbocycles. The molecule has 0 aromatic carbocycles. The maximum atomic E-state index is 0. The molecule has 0 unspecified atom stereocenters. The number of hydrogen-bond acceptors (Lipinski definition) is 1. The fourth-order valence-corrected chi connectivity index (χ4v) is 0. The van der Waals surface area contributed by atoms with Gasteiger partial charge in [-0.05, 0) is 0 Å². The van der Waals surface area contributed by atoms with Gasteiger partial charge in [0.15, 0.2) is 0 Å². The average molecular weight is 319 g/mol. The van der Waals surface area contributed by atoms with Crippen LogP contribution in [0.4, 0.5) is 0 Å². The van der Waals surface area contributed by atoms with E-state index in [1.807, 2.05) is 0 Å². The summed E-state index contributed by atoms with van der Waals surface area (Å²) in [7, 11) is 0. The predicted molar refractivity (Wildman–Crippen MR) is 9.16 cm³/mol. The fourth-order valence-electron chi connectivity index (χ4n) is 0. The molecule has 1 radical (unpaired) electrons. The van der Waals surface area contributed by atoms with Crippen molar-refractivity contribution in [2.75, 3.05) is 0 Å². The van der Waals surface area contributed by atoms with Crippen LogP contribution < -0.4 is 58.2 Å². The van der Waals surface area contributed by atoms with Gasteiger partial charge in [-0.25, -0.2) is 0 Å². The number of rotatable bonds is 0. The van der Waals surface area contributed by atoms with Crippen LogP contribution in [-0.2, 0) is 22.4 Å². The van der Waals surface area contributed by atoms with E-state index in [9.17, 15) is 0 Å². The van der Waals surface area contributed by atoms with Gasteiger partial charge >= 0.3 is 58.2 Å². The topological polar surface area (TPSA) is 93.0 Å². The van der Waals surface area contributed by atoms with Crippen LogP contribution in [0.1, 0.15) is 0 Å². The smallest absolute Gasteiger partial charge is 0.870 e. The van der Waals surface area contributed by atoms with Crippen LogP contribution in [0.25, 0.3) is 0 Å². The van der Waals surface area contributed by atoms with Crippen LogP contribution in [0.15, 0.2) is 0 Å². The third kappa shape index (κ3) is 21.4. The summed E-state index contributed by atoms with van der Waals surface area (Å²) in [5.41, 5.74) is 0. The molecule has 0 rings (SSSR count). The van der Waals surface area contributed by atoms with Crippen molar-refractivity contribution in [1.29, 1.82) is 0 Å². The van der Waals surface area contributed by atoms with E-state index in [2.05, 4.69) is 0 Å². The molecule has 0 amide bonds. The Morgan fingerprint density at radius 3 is 0.800 bits per heavy atom. The van der Waals surface area contributed by atoms with Crippen LogP contribution in [0.3, 0.4) is 0 Å². The quantitative estimate of drug-likeness (QED) is 0.440. The van der Waals surface area contributed by atoms with E-state index >= 15 is 0 Å². The van der Waals surface area contributed by atoms with Gasteiger partial charge in [0.2, 0.25) is 0 Å². The molecule has 0 fully saturated rings. The molecule has 0 saturated heterocycles. The van der Waals surface area contributed by atoms with Crippen LogP contribution in [0, 0.1) is 0 Å². The molecule has 0 aliphatic rings. The largest absolute Gasteiger partial charge is 1.00 e. The molecular weight excluding hydrogens is 314 g/mol. The fraction of sp³-hybridized carbons (Fsp3) is 0. The van der Waals surface area contributed by atoms with Crippen molar-refractivity contribution in [3.63, 3.8) is 0 Å². The zero-order valence-electron chi connectivity index (χ0n) is 2.89. The molecule has 0 aliphatic heterocycles. The van der Waals surface area contributed by atoms with Gasteiger partial charge in [0, 0.05) is 22.4 Å². The zero-order valence-corrected chi connectivity index (χ0v) is 11.0. The van der Waals surface area contributed by atoms with Gasteiger partial charge in [0.1, 0.15) is 0 Å². The van der Waals surface area contributed by atoms with E-state index in [1.54, 1.807) is 0 Å². The first-order valence-electron chi connectivity index (χ1n) is 0. The Hall–Kier alpha value is 2.43. The van der Waals surface area contributed by atoms with Crippen LogP contribution in [0.2, 0.25) is 0 Å². The molecular formula is H5O3RbTa. The molecule has 5 heavy (non-hydrogen) atoms. The summed E-state index contributed by atoms with van der Waals surface area (Å²) in [6.07, 6.45) is 0. The minimum atomic E-state index is 0. The van der Waals surface area contributed by atoms with Crippen molar-refractivity contribution in [3.8, 4) is 0 Å². The second kappa shape index (κ2) is 32.2. The maximum Gasteiger partial charge on any atom is 1.00 e. The first-order valence-corrected chi connectivity index (χ1v) is 0. The third-order valence-corrected chi connectivity index (χ3v) is 0. The summed E-state index contributed by atoms with van der Waals surface area (Å²) in [5.74, 6) is 0. The van der Waals surface area contributed by atoms with Gasteiger partial charge in [0.25, 0.3) is 0 Å². The van der Waals surface area contributed by atoms with Crippen molar-refractivity contribution >= 4 is 0 Å². The molecule has 0 aromatic rings. The summed E-state index contributed by atoms with van der Waals surface area (Å²) in [4.78, 5) is 0. The molecule has 5 N–H and O–H groups in total. The minimum Gasteiger partial charge on any atom is -0.870 e. The van der Waals surface area contributed by atoms with Crippen molar-refractivity contribution in [2.24, 2.45) is 0 Å². The van der Waals surface area contributed by atoms with E-state index in [4.69, 9.17) is 0 Å². The monoisotopic (exact) mass is 319 g/mol. The Morgan fingerprint density at radius 2 is 0.800 bits per heavy atom. The van der Waals surface area contributed by atoms with Gasteiger partial charge < -0.3 is 16.4 Å². The zero-order chi connectivity index (χ0) is 0. The molecule has 0 aromatic heterocycles. The van der Waals surface area contributed by atoms with Crippen molar-refractivity contribution in [1.82, 2.24) is 0 Å². The van der Waals surface area contributed by atoms with Gasteiger partial charge in [-0.15, -0.1) is 0 Å².